The fourth-order valence-corrected chi connectivity index (χ4v) is 3.44. The highest BCUT2D eigenvalue weighted by Gasteiger charge is 2.25. The molecule has 2 heterocycles. The van der Waals surface area contributed by atoms with Crippen LogP contribution in [0.25, 0.3) is 10.8 Å². The van der Waals surface area contributed by atoms with Gasteiger partial charge in [-0.3, -0.25) is 9.36 Å². The summed E-state index contributed by atoms with van der Waals surface area (Å²) in [6.45, 7) is 0.760. The quantitative estimate of drug-likeness (QED) is 0.762. The number of amides is 1. The second-order valence-electron chi connectivity index (χ2n) is 5.91. The van der Waals surface area contributed by atoms with Gasteiger partial charge in [-0.25, -0.2) is 4.79 Å². The third-order valence-electron chi connectivity index (χ3n) is 4.65. The Morgan fingerprint density at radius 2 is 2.00 bits per heavy atom. The van der Waals surface area contributed by atoms with Crippen LogP contribution in [0.1, 0.15) is 34.0 Å². The molecule has 0 aliphatic carbocycles. The van der Waals surface area contributed by atoms with Crippen LogP contribution in [0.4, 0.5) is 0 Å². The molecule has 3 aromatic rings. The van der Waals surface area contributed by atoms with Crippen LogP contribution in [0.2, 0.25) is 0 Å². The van der Waals surface area contributed by atoms with Gasteiger partial charge in [0.2, 0.25) is 0 Å². The summed E-state index contributed by atoms with van der Waals surface area (Å²) < 4.78 is 1.81. The summed E-state index contributed by atoms with van der Waals surface area (Å²) in [4.78, 5) is 26.2. The second-order valence-corrected chi connectivity index (χ2v) is 5.91. The SMILES string of the molecule is CNC(=O)c1ccc2cc([C@H]3CCn4c3c[nH]c4=O)ccc2c1. The summed E-state index contributed by atoms with van der Waals surface area (Å²) in [7, 11) is 1.63. The smallest absolute Gasteiger partial charge is 0.325 e. The highest BCUT2D eigenvalue weighted by Crippen LogP contribution is 2.34. The highest BCUT2D eigenvalue weighted by atomic mass is 16.2. The zero-order valence-electron chi connectivity index (χ0n) is 12.8. The number of hydrogen-bond acceptors (Lipinski definition) is 2. The maximum Gasteiger partial charge on any atom is 0.325 e. The molecule has 0 spiro atoms. The van der Waals surface area contributed by atoms with Gasteiger partial charge in [0.15, 0.2) is 0 Å². The number of imidazole rings is 1. The molecule has 0 saturated heterocycles. The molecule has 0 bridgehead atoms. The van der Waals surface area contributed by atoms with Crippen LogP contribution in [0, 0.1) is 0 Å². The lowest BCUT2D eigenvalue weighted by atomic mass is 9.93. The average Bonchev–Trinajstić information content (AvgIpc) is 3.16. The van der Waals surface area contributed by atoms with Gasteiger partial charge >= 0.3 is 5.69 Å². The van der Waals surface area contributed by atoms with Gasteiger partial charge in [0, 0.05) is 37.0 Å². The van der Waals surface area contributed by atoms with Gasteiger partial charge in [0.1, 0.15) is 0 Å². The van der Waals surface area contributed by atoms with E-state index in [0.717, 1.165) is 29.4 Å². The molecule has 4 rings (SSSR count). The number of aromatic nitrogens is 2. The lowest BCUT2D eigenvalue weighted by molar-refractivity contribution is 0.0963. The van der Waals surface area contributed by atoms with Crippen LogP contribution in [0.5, 0.6) is 0 Å². The lowest BCUT2D eigenvalue weighted by Gasteiger charge is -2.11. The van der Waals surface area contributed by atoms with Crippen molar-refractivity contribution >= 4 is 16.7 Å². The van der Waals surface area contributed by atoms with E-state index in [9.17, 15) is 9.59 Å². The Kier molecular flexibility index (Phi) is 3.08. The predicted octanol–water partition coefficient (Wildman–Crippen LogP) is 2.22. The van der Waals surface area contributed by atoms with E-state index in [4.69, 9.17) is 0 Å². The summed E-state index contributed by atoms with van der Waals surface area (Å²) in [6, 6.07) is 12.0. The van der Waals surface area contributed by atoms with Crippen molar-refractivity contribution in [2.75, 3.05) is 7.05 Å². The molecule has 1 aromatic heterocycles. The van der Waals surface area contributed by atoms with Crippen molar-refractivity contribution in [1.29, 1.82) is 0 Å². The van der Waals surface area contributed by atoms with Crippen molar-refractivity contribution in [3.8, 4) is 0 Å². The van der Waals surface area contributed by atoms with Crippen LogP contribution in [0.3, 0.4) is 0 Å². The number of benzene rings is 2. The standard InChI is InChI=1S/C18H17N3O2/c1-19-17(22)14-5-3-11-8-13(4-2-12(11)9-14)15-6-7-21-16(15)10-20-18(21)23/h2-5,8-10,15H,6-7H2,1H3,(H,19,22)(H,20,23)/t15-/m1/s1. The van der Waals surface area contributed by atoms with Crippen LogP contribution < -0.4 is 11.0 Å². The Labute approximate surface area is 133 Å². The van der Waals surface area contributed by atoms with E-state index >= 15 is 0 Å². The molecule has 2 aromatic carbocycles. The molecule has 116 valence electrons. The molecule has 0 saturated carbocycles. The van der Waals surface area contributed by atoms with Crippen LogP contribution >= 0.6 is 0 Å². The summed E-state index contributed by atoms with van der Waals surface area (Å²) in [5, 5.41) is 4.78. The molecule has 5 heteroatoms. The van der Waals surface area contributed by atoms with E-state index in [2.05, 4.69) is 22.4 Å². The van der Waals surface area contributed by atoms with Gasteiger partial charge in [-0.1, -0.05) is 24.3 Å². The minimum atomic E-state index is -0.0805. The minimum absolute atomic E-state index is 0.0292. The number of carbonyl (C=O) groups excluding carboxylic acids is 1. The molecule has 1 amide bonds. The minimum Gasteiger partial charge on any atom is -0.355 e. The fourth-order valence-electron chi connectivity index (χ4n) is 3.44. The first-order valence-corrected chi connectivity index (χ1v) is 7.71. The molecular weight excluding hydrogens is 290 g/mol. The third-order valence-corrected chi connectivity index (χ3v) is 4.65. The number of rotatable bonds is 2. The molecule has 1 atom stereocenters. The van der Waals surface area contributed by atoms with E-state index in [1.54, 1.807) is 7.05 Å². The van der Waals surface area contributed by atoms with Crippen molar-refractivity contribution in [2.45, 2.75) is 18.9 Å². The van der Waals surface area contributed by atoms with Crippen LogP contribution in [-0.2, 0) is 6.54 Å². The Hall–Kier alpha value is -2.82. The number of nitrogens with one attached hydrogen (secondary N) is 2. The first kappa shape index (κ1) is 13.8. The van der Waals surface area contributed by atoms with Crippen molar-refractivity contribution in [1.82, 2.24) is 14.9 Å². The van der Waals surface area contributed by atoms with Gasteiger partial charge in [0.05, 0.1) is 0 Å². The fraction of sp³-hybridized carbons (Fsp3) is 0.222. The lowest BCUT2D eigenvalue weighted by Crippen LogP contribution is -2.17. The van der Waals surface area contributed by atoms with E-state index in [1.807, 2.05) is 35.0 Å². The third kappa shape index (κ3) is 2.16. The summed E-state index contributed by atoms with van der Waals surface area (Å²) in [5.41, 5.74) is 2.89. The maximum atomic E-state index is 11.7. The molecule has 1 aliphatic rings. The van der Waals surface area contributed by atoms with E-state index in [0.29, 0.717) is 5.56 Å². The van der Waals surface area contributed by atoms with Crippen molar-refractivity contribution < 1.29 is 4.79 Å². The average molecular weight is 307 g/mol. The maximum absolute atomic E-state index is 11.7. The normalized spacial score (nSPS) is 16.5. The Bertz CT molecular complexity index is 968. The zero-order chi connectivity index (χ0) is 16.0. The largest absolute Gasteiger partial charge is 0.355 e. The van der Waals surface area contributed by atoms with Crippen molar-refractivity contribution in [2.24, 2.45) is 0 Å². The number of fused-ring (bicyclic) bond motifs is 2. The number of aromatic amines is 1. The molecule has 23 heavy (non-hydrogen) atoms. The zero-order valence-corrected chi connectivity index (χ0v) is 12.8. The second kappa shape index (κ2) is 5.12. The number of carbonyl (C=O) groups is 1. The van der Waals surface area contributed by atoms with Crippen LogP contribution in [-0.4, -0.2) is 22.5 Å². The number of H-pyrrole nitrogens is 1. The topological polar surface area (TPSA) is 66.9 Å². The van der Waals surface area contributed by atoms with E-state index in [1.165, 1.54) is 5.56 Å². The molecular formula is C18H17N3O2. The van der Waals surface area contributed by atoms with Gasteiger partial charge in [-0.2, -0.15) is 0 Å². The molecule has 0 unspecified atom stereocenters. The molecule has 0 radical (unpaired) electrons. The molecule has 1 aliphatic heterocycles. The predicted molar refractivity (Wildman–Crippen MR) is 88.9 cm³/mol. The number of nitrogens with zero attached hydrogens (tertiary/aromatic N) is 1. The first-order chi connectivity index (χ1) is 11.2. The van der Waals surface area contributed by atoms with E-state index in [-0.39, 0.29) is 17.5 Å². The van der Waals surface area contributed by atoms with Gasteiger partial charge in [-0.15, -0.1) is 0 Å². The van der Waals surface area contributed by atoms with Gasteiger partial charge < -0.3 is 10.3 Å². The first-order valence-electron chi connectivity index (χ1n) is 7.71. The van der Waals surface area contributed by atoms with Crippen molar-refractivity contribution in [3.05, 3.63) is 69.9 Å². The Morgan fingerprint density at radius 3 is 2.83 bits per heavy atom. The van der Waals surface area contributed by atoms with Gasteiger partial charge in [-0.05, 0) is 34.9 Å². The molecule has 2 N–H and O–H groups in total. The highest BCUT2D eigenvalue weighted by molar-refractivity contribution is 5.98. The number of hydrogen-bond donors (Lipinski definition) is 2. The molecule has 0 fully saturated rings. The molecule has 5 nitrogen and oxygen atoms in total. The summed E-state index contributed by atoms with van der Waals surface area (Å²) in [6.07, 6.45) is 2.76. The summed E-state index contributed by atoms with van der Waals surface area (Å²) >= 11 is 0. The van der Waals surface area contributed by atoms with Crippen molar-refractivity contribution in [3.63, 3.8) is 0 Å². The van der Waals surface area contributed by atoms with E-state index < -0.39 is 0 Å². The van der Waals surface area contributed by atoms with Crippen LogP contribution in [0.15, 0.2) is 47.4 Å². The summed E-state index contributed by atoms with van der Waals surface area (Å²) in [5.74, 6) is 0.167. The Balaban J connectivity index is 1.75. The Morgan fingerprint density at radius 1 is 1.22 bits per heavy atom. The monoisotopic (exact) mass is 307 g/mol. The van der Waals surface area contributed by atoms with Gasteiger partial charge in [0.25, 0.3) is 5.91 Å².